The van der Waals surface area contributed by atoms with Gasteiger partial charge in [-0.2, -0.15) is 0 Å². The number of amides is 2. The second-order valence-corrected chi connectivity index (χ2v) is 2.96. The Hall–Kier alpha value is -1.10. The van der Waals surface area contributed by atoms with Crippen LogP contribution in [0.5, 0.6) is 0 Å². The molecule has 0 heterocycles. The molecule has 14 heavy (non-hydrogen) atoms. The molecule has 82 valence electrons. The van der Waals surface area contributed by atoms with Gasteiger partial charge in [0.2, 0.25) is 11.8 Å². The number of carbonyl (C=O) groups is 2. The number of likely N-dealkylation sites (N-methyl/N-ethyl adjacent to an activating group) is 1. The predicted molar refractivity (Wildman–Crippen MR) is 52.6 cm³/mol. The molecule has 0 aliphatic rings. The van der Waals surface area contributed by atoms with E-state index in [1.54, 1.807) is 4.90 Å². The topological polar surface area (TPSA) is 69.6 Å². The van der Waals surface area contributed by atoms with E-state index < -0.39 is 0 Å². The maximum Gasteiger partial charge on any atom is 0.241 e. The number of aliphatic hydroxyl groups excluding tert-OH is 1. The summed E-state index contributed by atoms with van der Waals surface area (Å²) in [5.74, 6) is -0.326. The molecule has 0 fully saturated rings. The van der Waals surface area contributed by atoms with Crippen LogP contribution in [0.4, 0.5) is 0 Å². The molecule has 2 N–H and O–H groups in total. The number of carbonyl (C=O) groups excluding carboxylic acids is 2. The first-order valence-corrected chi connectivity index (χ1v) is 4.74. The molecule has 0 aromatic carbocycles. The van der Waals surface area contributed by atoms with E-state index in [1.165, 1.54) is 6.92 Å². The summed E-state index contributed by atoms with van der Waals surface area (Å²) in [6.07, 6.45) is 0.569. The molecule has 0 bridgehead atoms. The van der Waals surface area contributed by atoms with Gasteiger partial charge in [0, 0.05) is 26.6 Å². The second-order valence-electron chi connectivity index (χ2n) is 2.96. The highest BCUT2D eigenvalue weighted by Crippen LogP contribution is 1.91. The Labute approximate surface area is 84.1 Å². The minimum Gasteiger partial charge on any atom is -0.396 e. The van der Waals surface area contributed by atoms with Crippen molar-refractivity contribution in [2.45, 2.75) is 20.3 Å². The van der Waals surface area contributed by atoms with Crippen LogP contribution in [0.25, 0.3) is 0 Å². The molecule has 0 unspecified atom stereocenters. The fourth-order valence-corrected chi connectivity index (χ4v) is 1.03. The van der Waals surface area contributed by atoms with E-state index in [-0.39, 0.29) is 25.0 Å². The number of hydrogen-bond donors (Lipinski definition) is 2. The van der Waals surface area contributed by atoms with Crippen LogP contribution in [0, 0.1) is 0 Å². The highest BCUT2D eigenvalue weighted by Gasteiger charge is 2.10. The summed E-state index contributed by atoms with van der Waals surface area (Å²) in [7, 11) is 0. The van der Waals surface area contributed by atoms with Gasteiger partial charge in [-0.15, -0.1) is 0 Å². The van der Waals surface area contributed by atoms with Gasteiger partial charge in [-0.3, -0.25) is 9.59 Å². The number of hydrogen-bond acceptors (Lipinski definition) is 3. The molecule has 0 aliphatic carbocycles. The summed E-state index contributed by atoms with van der Waals surface area (Å²) < 4.78 is 0. The van der Waals surface area contributed by atoms with E-state index in [2.05, 4.69) is 5.32 Å². The number of aliphatic hydroxyl groups is 1. The average molecular weight is 202 g/mol. The summed E-state index contributed by atoms with van der Waals surface area (Å²) in [5, 5.41) is 11.0. The number of nitrogens with zero attached hydrogens (tertiary/aromatic N) is 1. The first-order valence-electron chi connectivity index (χ1n) is 4.74. The fourth-order valence-electron chi connectivity index (χ4n) is 1.03. The molecule has 0 saturated heterocycles. The molecular formula is C9H18N2O3. The summed E-state index contributed by atoms with van der Waals surface area (Å²) in [6.45, 7) is 4.47. The molecule has 0 atom stereocenters. The van der Waals surface area contributed by atoms with Crippen molar-refractivity contribution in [3.8, 4) is 0 Å². The van der Waals surface area contributed by atoms with Gasteiger partial charge in [-0.05, 0) is 13.3 Å². The number of rotatable bonds is 6. The second kappa shape index (κ2) is 7.32. The van der Waals surface area contributed by atoms with Crippen LogP contribution in [0.3, 0.4) is 0 Å². The monoisotopic (exact) mass is 202 g/mol. The maximum atomic E-state index is 11.4. The van der Waals surface area contributed by atoms with Crippen molar-refractivity contribution in [2.75, 3.05) is 26.2 Å². The fraction of sp³-hybridized carbons (Fsp3) is 0.778. The third-order valence-electron chi connectivity index (χ3n) is 1.81. The van der Waals surface area contributed by atoms with Crippen LogP contribution < -0.4 is 5.32 Å². The smallest absolute Gasteiger partial charge is 0.241 e. The minimum atomic E-state index is -0.212. The van der Waals surface area contributed by atoms with Crippen LogP contribution >= 0.6 is 0 Å². The van der Waals surface area contributed by atoms with Crippen LogP contribution in [0.2, 0.25) is 0 Å². The van der Waals surface area contributed by atoms with Crippen molar-refractivity contribution >= 4 is 11.8 Å². The molecule has 0 aromatic heterocycles. The van der Waals surface area contributed by atoms with E-state index in [0.29, 0.717) is 19.5 Å². The van der Waals surface area contributed by atoms with Crippen LogP contribution in [0.15, 0.2) is 0 Å². The first kappa shape index (κ1) is 12.9. The molecule has 0 aliphatic heterocycles. The van der Waals surface area contributed by atoms with Crippen molar-refractivity contribution in [3.05, 3.63) is 0 Å². The van der Waals surface area contributed by atoms with Crippen LogP contribution in [-0.4, -0.2) is 48.1 Å². The molecule has 5 nitrogen and oxygen atoms in total. The summed E-state index contributed by atoms with van der Waals surface area (Å²) in [4.78, 5) is 23.6. The third kappa shape index (κ3) is 5.53. The highest BCUT2D eigenvalue weighted by molar-refractivity contribution is 5.83. The van der Waals surface area contributed by atoms with Gasteiger partial charge < -0.3 is 15.3 Å². The highest BCUT2D eigenvalue weighted by atomic mass is 16.3. The van der Waals surface area contributed by atoms with Crippen molar-refractivity contribution < 1.29 is 14.7 Å². The van der Waals surface area contributed by atoms with Gasteiger partial charge in [0.1, 0.15) is 0 Å². The molecule has 2 amide bonds. The molecule has 5 heteroatoms. The molecule has 0 aromatic rings. The maximum absolute atomic E-state index is 11.4. The van der Waals surface area contributed by atoms with Gasteiger partial charge in [-0.1, -0.05) is 0 Å². The lowest BCUT2D eigenvalue weighted by Gasteiger charge is -2.20. The Morgan fingerprint density at radius 1 is 1.43 bits per heavy atom. The Bertz CT molecular complexity index is 194. The summed E-state index contributed by atoms with van der Waals surface area (Å²) in [6, 6.07) is 0. The van der Waals surface area contributed by atoms with Crippen LogP contribution in [-0.2, 0) is 9.59 Å². The van der Waals surface area contributed by atoms with Gasteiger partial charge in [0.25, 0.3) is 0 Å². The van der Waals surface area contributed by atoms with Gasteiger partial charge >= 0.3 is 0 Å². The van der Waals surface area contributed by atoms with Crippen molar-refractivity contribution in [3.63, 3.8) is 0 Å². The molecule has 0 spiro atoms. The third-order valence-corrected chi connectivity index (χ3v) is 1.81. The van der Waals surface area contributed by atoms with Gasteiger partial charge in [0.15, 0.2) is 0 Å². The number of nitrogens with one attached hydrogen (secondary N) is 1. The normalized spacial score (nSPS) is 9.64. The van der Waals surface area contributed by atoms with E-state index >= 15 is 0 Å². The zero-order chi connectivity index (χ0) is 11.0. The first-order chi connectivity index (χ1) is 6.61. The Kier molecular flexibility index (Phi) is 6.74. The lowest BCUT2D eigenvalue weighted by Crippen LogP contribution is -2.40. The lowest BCUT2D eigenvalue weighted by molar-refractivity contribution is -0.132. The molecular weight excluding hydrogens is 184 g/mol. The van der Waals surface area contributed by atoms with Crippen molar-refractivity contribution in [1.29, 1.82) is 0 Å². The van der Waals surface area contributed by atoms with Crippen molar-refractivity contribution in [1.82, 2.24) is 10.2 Å². The van der Waals surface area contributed by atoms with E-state index in [9.17, 15) is 9.59 Å². The Morgan fingerprint density at radius 3 is 2.50 bits per heavy atom. The molecule has 0 saturated carbocycles. The Morgan fingerprint density at radius 2 is 2.07 bits per heavy atom. The zero-order valence-electron chi connectivity index (χ0n) is 8.75. The molecule has 0 rings (SSSR count). The largest absolute Gasteiger partial charge is 0.396 e. The molecule has 0 radical (unpaired) electrons. The van der Waals surface area contributed by atoms with E-state index in [1.807, 2.05) is 6.92 Å². The van der Waals surface area contributed by atoms with Crippen LogP contribution in [0.1, 0.15) is 20.3 Å². The van der Waals surface area contributed by atoms with Gasteiger partial charge in [-0.25, -0.2) is 0 Å². The quantitative estimate of drug-likeness (QED) is 0.601. The minimum absolute atomic E-state index is 0.0363. The SMILES string of the molecule is CCN(CCCO)C(=O)CNC(C)=O. The Balaban J connectivity index is 3.85. The lowest BCUT2D eigenvalue weighted by atomic mass is 10.3. The average Bonchev–Trinajstić information content (AvgIpc) is 2.16. The van der Waals surface area contributed by atoms with Gasteiger partial charge in [0.05, 0.1) is 6.54 Å². The predicted octanol–water partition coefficient (Wildman–Crippen LogP) is -0.647. The standard InChI is InChI=1S/C9H18N2O3/c1-3-11(5-4-6-12)9(14)7-10-8(2)13/h12H,3-7H2,1-2H3,(H,10,13). The summed E-state index contributed by atoms with van der Waals surface area (Å²) >= 11 is 0. The summed E-state index contributed by atoms with van der Waals surface area (Å²) in [5.41, 5.74) is 0. The van der Waals surface area contributed by atoms with Crippen molar-refractivity contribution in [2.24, 2.45) is 0 Å². The zero-order valence-corrected chi connectivity index (χ0v) is 8.75. The van der Waals surface area contributed by atoms with E-state index in [4.69, 9.17) is 5.11 Å². The van der Waals surface area contributed by atoms with E-state index in [0.717, 1.165) is 0 Å².